The van der Waals surface area contributed by atoms with Gasteiger partial charge in [0.05, 0.1) is 0 Å². The second kappa shape index (κ2) is 4.59. The highest BCUT2D eigenvalue weighted by Gasteiger charge is 2.50. The van der Waals surface area contributed by atoms with Gasteiger partial charge >= 0.3 is 0 Å². The topological polar surface area (TPSA) is 26.0 Å². The average Bonchev–Trinajstić information content (AvgIpc) is 2.40. The summed E-state index contributed by atoms with van der Waals surface area (Å²) in [6, 6.07) is 7.07. The van der Waals surface area contributed by atoms with Crippen molar-refractivity contribution in [1.82, 2.24) is 0 Å². The third-order valence-corrected chi connectivity index (χ3v) is 6.51. The van der Waals surface area contributed by atoms with Crippen molar-refractivity contribution in [3.8, 4) is 0 Å². The summed E-state index contributed by atoms with van der Waals surface area (Å²) >= 11 is 0. The van der Waals surface area contributed by atoms with Crippen LogP contribution in [0, 0.1) is 43.4 Å². The maximum atomic E-state index is 6.79. The van der Waals surface area contributed by atoms with Crippen LogP contribution < -0.4 is 5.73 Å². The van der Waals surface area contributed by atoms with Gasteiger partial charge in [-0.25, -0.2) is 0 Å². The molecule has 0 aromatic heterocycles. The first-order valence-corrected chi connectivity index (χ1v) is 8.44. The zero-order chi connectivity index (χ0) is 13.9. The molecule has 0 aliphatic heterocycles. The van der Waals surface area contributed by atoms with Crippen LogP contribution in [0.25, 0.3) is 0 Å². The first kappa shape index (κ1) is 12.9. The molecular weight excluding hydrogens is 242 g/mol. The molecule has 108 valence electrons. The Morgan fingerprint density at radius 1 is 0.950 bits per heavy atom. The second-order valence-electron chi connectivity index (χ2n) is 7.89. The number of aryl methyl sites for hydroxylation is 2. The van der Waals surface area contributed by atoms with Gasteiger partial charge < -0.3 is 5.73 Å². The van der Waals surface area contributed by atoms with Crippen molar-refractivity contribution >= 4 is 0 Å². The molecule has 1 heteroatoms. The van der Waals surface area contributed by atoms with Crippen molar-refractivity contribution in [3.63, 3.8) is 0 Å². The first-order valence-electron chi connectivity index (χ1n) is 8.44. The van der Waals surface area contributed by atoms with Crippen LogP contribution in [-0.4, -0.2) is 0 Å². The fraction of sp³-hybridized carbons (Fsp3) is 0.684. The van der Waals surface area contributed by atoms with Gasteiger partial charge in [-0.1, -0.05) is 23.8 Å². The van der Waals surface area contributed by atoms with E-state index in [0.29, 0.717) is 0 Å². The van der Waals surface area contributed by atoms with E-state index in [4.69, 9.17) is 5.73 Å². The average molecular weight is 269 g/mol. The van der Waals surface area contributed by atoms with Gasteiger partial charge in [-0.15, -0.1) is 0 Å². The third-order valence-electron chi connectivity index (χ3n) is 6.51. The number of rotatable bonds is 2. The molecule has 0 saturated heterocycles. The minimum absolute atomic E-state index is 0.268. The van der Waals surface area contributed by atoms with Crippen LogP contribution in [0.15, 0.2) is 18.2 Å². The molecule has 4 bridgehead atoms. The summed E-state index contributed by atoms with van der Waals surface area (Å²) in [7, 11) is 0. The number of nitrogens with two attached hydrogens (primary N) is 1. The summed E-state index contributed by atoms with van der Waals surface area (Å²) in [6.45, 7) is 4.41. The van der Waals surface area contributed by atoms with Crippen LogP contribution in [-0.2, 0) is 0 Å². The molecule has 4 aliphatic rings. The molecule has 1 aromatic carbocycles. The lowest BCUT2D eigenvalue weighted by Gasteiger charge is -2.56. The fourth-order valence-electron chi connectivity index (χ4n) is 5.88. The molecule has 4 fully saturated rings. The van der Waals surface area contributed by atoms with Gasteiger partial charge in [0.15, 0.2) is 0 Å². The predicted molar refractivity (Wildman–Crippen MR) is 83.4 cm³/mol. The summed E-state index contributed by atoms with van der Waals surface area (Å²) in [5.41, 5.74) is 10.9. The van der Waals surface area contributed by atoms with Gasteiger partial charge in [0.1, 0.15) is 0 Å². The zero-order valence-electron chi connectivity index (χ0n) is 12.8. The second-order valence-corrected chi connectivity index (χ2v) is 7.89. The molecule has 1 nitrogen and oxygen atoms in total. The van der Waals surface area contributed by atoms with Gasteiger partial charge in [-0.3, -0.25) is 0 Å². The fourth-order valence-corrected chi connectivity index (χ4v) is 5.88. The quantitative estimate of drug-likeness (QED) is 0.847. The van der Waals surface area contributed by atoms with Gasteiger partial charge in [0.2, 0.25) is 0 Å². The highest BCUT2D eigenvalue weighted by atomic mass is 14.7. The van der Waals surface area contributed by atoms with Crippen molar-refractivity contribution in [2.75, 3.05) is 0 Å². The Morgan fingerprint density at radius 3 is 2.15 bits per heavy atom. The van der Waals surface area contributed by atoms with E-state index in [0.717, 1.165) is 29.6 Å². The molecule has 1 aromatic rings. The van der Waals surface area contributed by atoms with E-state index in [1.165, 1.54) is 48.8 Å². The number of hydrogen-bond donors (Lipinski definition) is 1. The lowest BCUT2D eigenvalue weighted by molar-refractivity contribution is -0.0472. The van der Waals surface area contributed by atoms with E-state index in [-0.39, 0.29) is 6.04 Å². The van der Waals surface area contributed by atoms with Crippen LogP contribution in [0.2, 0.25) is 0 Å². The largest absolute Gasteiger partial charge is 0.324 e. The molecule has 0 heterocycles. The van der Waals surface area contributed by atoms with E-state index in [2.05, 4.69) is 32.0 Å². The van der Waals surface area contributed by atoms with E-state index in [9.17, 15) is 0 Å². The molecule has 1 unspecified atom stereocenters. The molecule has 20 heavy (non-hydrogen) atoms. The lowest BCUT2D eigenvalue weighted by atomic mass is 9.50. The smallest absolute Gasteiger partial charge is 0.0331 e. The summed E-state index contributed by atoms with van der Waals surface area (Å²) in [5.74, 6) is 4.67. The Morgan fingerprint density at radius 2 is 1.55 bits per heavy atom. The molecule has 1 atom stereocenters. The van der Waals surface area contributed by atoms with Crippen molar-refractivity contribution in [2.24, 2.45) is 35.3 Å². The van der Waals surface area contributed by atoms with Gasteiger partial charge in [0.25, 0.3) is 0 Å². The summed E-state index contributed by atoms with van der Waals surface area (Å²) in [4.78, 5) is 0. The molecular formula is C19H27N. The molecule has 0 radical (unpaired) electrons. The summed E-state index contributed by atoms with van der Waals surface area (Å²) < 4.78 is 0. The molecule has 0 spiro atoms. The Kier molecular flexibility index (Phi) is 2.96. The predicted octanol–water partition coefficient (Wildman–Crippen LogP) is 4.38. The van der Waals surface area contributed by atoms with E-state index < -0.39 is 0 Å². The summed E-state index contributed by atoms with van der Waals surface area (Å²) in [6.07, 6.45) is 7.40. The zero-order valence-corrected chi connectivity index (χ0v) is 12.8. The van der Waals surface area contributed by atoms with Crippen molar-refractivity contribution < 1.29 is 0 Å². The number of hydrogen-bond acceptors (Lipinski definition) is 1. The molecule has 0 amide bonds. The standard InChI is InChI=1S/C19H27N/c1-11-3-4-12(2)17(5-11)19(20)18-15-7-13-6-14(9-15)10-16(18)8-13/h3-5,13-16,18-19H,6-10,20H2,1-2H3. The van der Waals surface area contributed by atoms with Crippen LogP contribution in [0.3, 0.4) is 0 Å². The van der Waals surface area contributed by atoms with Crippen LogP contribution in [0.1, 0.15) is 54.8 Å². The Bertz CT molecular complexity index is 490. The van der Waals surface area contributed by atoms with E-state index in [1.807, 2.05) is 0 Å². The Balaban J connectivity index is 1.65. The van der Waals surface area contributed by atoms with Gasteiger partial charge in [-0.2, -0.15) is 0 Å². The molecule has 4 saturated carbocycles. The molecule has 5 rings (SSSR count). The van der Waals surface area contributed by atoms with Crippen LogP contribution in [0.5, 0.6) is 0 Å². The van der Waals surface area contributed by atoms with Gasteiger partial charge in [0, 0.05) is 6.04 Å². The number of benzene rings is 1. The van der Waals surface area contributed by atoms with Crippen LogP contribution >= 0.6 is 0 Å². The first-order chi connectivity index (χ1) is 9.61. The Labute approximate surface area is 122 Å². The Hall–Kier alpha value is -0.820. The maximum absolute atomic E-state index is 6.79. The minimum Gasteiger partial charge on any atom is -0.324 e. The maximum Gasteiger partial charge on any atom is 0.0331 e. The highest BCUT2D eigenvalue weighted by molar-refractivity contribution is 5.33. The van der Waals surface area contributed by atoms with Crippen molar-refractivity contribution in [1.29, 1.82) is 0 Å². The van der Waals surface area contributed by atoms with Crippen molar-refractivity contribution in [3.05, 3.63) is 34.9 Å². The SMILES string of the molecule is Cc1ccc(C)c(C(N)C2C3CC4CC(C3)CC2C4)c1. The van der Waals surface area contributed by atoms with E-state index in [1.54, 1.807) is 0 Å². The third kappa shape index (κ3) is 1.94. The molecule has 4 aliphatic carbocycles. The minimum atomic E-state index is 0.268. The van der Waals surface area contributed by atoms with Gasteiger partial charge in [-0.05, 0) is 86.7 Å². The highest BCUT2D eigenvalue weighted by Crippen LogP contribution is 2.59. The summed E-state index contributed by atoms with van der Waals surface area (Å²) in [5, 5.41) is 0. The van der Waals surface area contributed by atoms with Crippen molar-refractivity contribution in [2.45, 2.75) is 52.0 Å². The molecule has 2 N–H and O–H groups in total. The van der Waals surface area contributed by atoms with E-state index >= 15 is 0 Å². The monoisotopic (exact) mass is 269 g/mol. The lowest BCUT2D eigenvalue weighted by Crippen LogP contribution is -2.48. The normalized spacial score (nSPS) is 40.0. The van der Waals surface area contributed by atoms with Crippen LogP contribution in [0.4, 0.5) is 0 Å².